The van der Waals surface area contributed by atoms with E-state index < -0.39 is 0 Å². The molecule has 5 nitrogen and oxygen atoms in total. The number of piperidine rings is 1. The van der Waals surface area contributed by atoms with E-state index in [1.807, 2.05) is 24.3 Å². The first-order valence-electron chi connectivity index (χ1n) is 11.4. The van der Waals surface area contributed by atoms with Gasteiger partial charge in [-0.1, -0.05) is 30.0 Å². The maximum Gasteiger partial charge on any atom is 0.293 e. The van der Waals surface area contributed by atoms with Gasteiger partial charge in [-0.15, -0.1) is 0 Å². The molecule has 168 valence electrons. The number of imide groups is 1. The van der Waals surface area contributed by atoms with Gasteiger partial charge in [0.05, 0.1) is 11.4 Å². The molecular formula is C25H28FN3O2S. The Balaban J connectivity index is 1.24. The number of benzene rings is 2. The molecular weight excluding hydrogens is 425 g/mol. The lowest BCUT2D eigenvalue weighted by molar-refractivity contribution is -0.115. The zero-order valence-corrected chi connectivity index (χ0v) is 19.1. The van der Waals surface area contributed by atoms with Crippen molar-refractivity contribution in [2.75, 3.05) is 35.2 Å². The molecule has 2 amide bonds. The van der Waals surface area contributed by atoms with Gasteiger partial charge in [-0.3, -0.25) is 9.59 Å². The fourth-order valence-electron chi connectivity index (χ4n) is 5.28. The van der Waals surface area contributed by atoms with Crippen LogP contribution in [0.1, 0.15) is 30.9 Å². The molecule has 3 aliphatic rings. The molecule has 0 saturated carbocycles. The van der Waals surface area contributed by atoms with E-state index in [2.05, 4.69) is 22.8 Å². The minimum Gasteiger partial charge on any atom is -0.365 e. The molecule has 0 spiro atoms. The van der Waals surface area contributed by atoms with Crippen LogP contribution in [0.15, 0.2) is 42.5 Å². The number of anilines is 2. The van der Waals surface area contributed by atoms with Crippen LogP contribution in [0.25, 0.3) is 0 Å². The molecule has 5 rings (SSSR count). The molecule has 2 aromatic rings. The second kappa shape index (κ2) is 8.87. The second-order valence-electron chi connectivity index (χ2n) is 9.01. The summed E-state index contributed by atoms with van der Waals surface area (Å²) in [4.78, 5) is 30.7. The number of hydrogen-bond acceptors (Lipinski definition) is 5. The predicted octanol–water partition coefficient (Wildman–Crippen LogP) is 4.48. The van der Waals surface area contributed by atoms with Crippen LogP contribution in [0, 0.1) is 5.82 Å². The number of halogens is 1. The zero-order valence-electron chi connectivity index (χ0n) is 18.3. The van der Waals surface area contributed by atoms with Crippen molar-refractivity contribution in [3.63, 3.8) is 0 Å². The number of rotatable bonds is 5. The maximum atomic E-state index is 13.1. The number of nitrogens with zero attached hydrogens (tertiary/aromatic N) is 3. The largest absolute Gasteiger partial charge is 0.365 e. The highest BCUT2D eigenvalue weighted by atomic mass is 32.2. The second-order valence-corrected chi connectivity index (χ2v) is 9.93. The van der Waals surface area contributed by atoms with Crippen molar-refractivity contribution < 1.29 is 14.0 Å². The fraction of sp³-hybridized carbons (Fsp3) is 0.440. The van der Waals surface area contributed by atoms with E-state index in [-0.39, 0.29) is 22.7 Å². The standard InChI is InChI=1S/C25H28FN3O2S/c1-17-14-19-4-7-22(29-24(30)16-32-25(29)31)15-23(19)28(17)21-9-12-27(13-10-21)11-8-18-2-5-20(26)6-3-18/h2-7,15,17,21H,8-14,16H2,1H3. The van der Waals surface area contributed by atoms with E-state index in [0.29, 0.717) is 17.8 Å². The lowest BCUT2D eigenvalue weighted by Crippen LogP contribution is -2.47. The fourth-order valence-corrected chi connectivity index (χ4v) is 5.99. The van der Waals surface area contributed by atoms with Crippen molar-refractivity contribution in [2.45, 2.75) is 44.7 Å². The van der Waals surface area contributed by atoms with Gasteiger partial charge < -0.3 is 9.80 Å². The summed E-state index contributed by atoms with van der Waals surface area (Å²) >= 11 is 1.07. The molecule has 2 aromatic carbocycles. The van der Waals surface area contributed by atoms with Crippen LogP contribution in [0.3, 0.4) is 0 Å². The SMILES string of the molecule is CC1Cc2ccc(N3C(=O)CSC3=O)cc2N1C1CCN(CCc2ccc(F)cc2)CC1. The molecule has 1 atom stereocenters. The van der Waals surface area contributed by atoms with Gasteiger partial charge in [0.25, 0.3) is 5.24 Å². The summed E-state index contributed by atoms with van der Waals surface area (Å²) in [5, 5.41) is -0.179. The van der Waals surface area contributed by atoms with Crippen molar-refractivity contribution in [2.24, 2.45) is 0 Å². The molecule has 0 N–H and O–H groups in total. The summed E-state index contributed by atoms with van der Waals surface area (Å²) in [6.07, 6.45) is 4.12. The Labute approximate surface area is 192 Å². The van der Waals surface area contributed by atoms with Gasteiger partial charge >= 0.3 is 0 Å². The van der Waals surface area contributed by atoms with Crippen molar-refractivity contribution in [1.82, 2.24) is 4.90 Å². The number of carbonyl (C=O) groups excluding carboxylic acids is 2. The van der Waals surface area contributed by atoms with E-state index in [1.165, 1.54) is 33.8 Å². The third-order valence-electron chi connectivity index (χ3n) is 6.93. The highest BCUT2D eigenvalue weighted by molar-refractivity contribution is 8.15. The van der Waals surface area contributed by atoms with Gasteiger partial charge in [0.2, 0.25) is 5.91 Å². The number of hydrogen-bond donors (Lipinski definition) is 0. The number of carbonyl (C=O) groups is 2. The lowest BCUT2D eigenvalue weighted by Gasteiger charge is -2.40. The zero-order chi connectivity index (χ0) is 22.2. The average molecular weight is 454 g/mol. The lowest BCUT2D eigenvalue weighted by atomic mass is 10.0. The van der Waals surface area contributed by atoms with Crippen LogP contribution < -0.4 is 9.80 Å². The summed E-state index contributed by atoms with van der Waals surface area (Å²) in [5.41, 5.74) is 4.34. The summed E-state index contributed by atoms with van der Waals surface area (Å²) in [6.45, 7) is 5.35. The number of thioether (sulfide) groups is 1. The smallest absolute Gasteiger partial charge is 0.293 e. The first kappa shape index (κ1) is 21.5. The number of fused-ring (bicyclic) bond motifs is 1. The molecule has 0 aromatic heterocycles. The number of amides is 2. The van der Waals surface area contributed by atoms with Crippen LogP contribution in [0.5, 0.6) is 0 Å². The molecule has 7 heteroatoms. The minimum atomic E-state index is -0.185. The van der Waals surface area contributed by atoms with Gasteiger partial charge in [0.1, 0.15) is 5.82 Å². The van der Waals surface area contributed by atoms with Crippen molar-refractivity contribution >= 4 is 34.3 Å². The van der Waals surface area contributed by atoms with Gasteiger partial charge in [-0.25, -0.2) is 9.29 Å². The van der Waals surface area contributed by atoms with Gasteiger partial charge in [0.15, 0.2) is 0 Å². The van der Waals surface area contributed by atoms with Crippen LogP contribution >= 0.6 is 11.8 Å². The van der Waals surface area contributed by atoms with Crippen LogP contribution in [0.4, 0.5) is 20.6 Å². The molecule has 3 aliphatic heterocycles. The molecule has 0 radical (unpaired) electrons. The predicted molar refractivity (Wildman–Crippen MR) is 127 cm³/mol. The Morgan fingerprint density at radius 2 is 1.81 bits per heavy atom. The van der Waals surface area contributed by atoms with Crippen LogP contribution in [-0.2, 0) is 17.6 Å². The molecule has 2 saturated heterocycles. The summed E-state index contributed by atoms with van der Waals surface area (Å²) < 4.78 is 13.1. The summed E-state index contributed by atoms with van der Waals surface area (Å²) in [6, 6.07) is 13.7. The van der Waals surface area contributed by atoms with Gasteiger partial charge in [-0.2, -0.15) is 0 Å². The molecule has 3 heterocycles. The first-order valence-corrected chi connectivity index (χ1v) is 12.4. The van der Waals surface area contributed by atoms with Crippen molar-refractivity contribution in [1.29, 1.82) is 0 Å². The monoisotopic (exact) mass is 453 g/mol. The van der Waals surface area contributed by atoms with E-state index >= 15 is 0 Å². The minimum absolute atomic E-state index is 0.132. The van der Waals surface area contributed by atoms with E-state index in [1.54, 1.807) is 0 Å². The average Bonchev–Trinajstić information content (AvgIpc) is 3.30. The topological polar surface area (TPSA) is 43.9 Å². The van der Waals surface area contributed by atoms with Gasteiger partial charge in [-0.05, 0) is 68.0 Å². The molecule has 1 unspecified atom stereocenters. The maximum absolute atomic E-state index is 13.1. The van der Waals surface area contributed by atoms with E-state index in [9.17, 15) is 14.0 Å². The van der Waals surface area contributed by atoms with Crippen molar-refractivity contribution in [3.8, 4) is 0 Å². The van der Waals surface area contributed by atoms with E-state index in [0.717, 1.165) is 57.1 Å². The Hall–Kier alpha value is -2.38. The Bertz CT molecular complexity index is 1000. The van der Waals surface area contributed by atoms with Crippen molar-refractivity contribution in [3.05, 3.63) is 59.4 Å². The quantitative estimate of drug-likeness (QED) is 0.668. The molecule has 32 heavy (non-hydrogen) atoms. The van der Waals surface area contributed by atoms with Gasteiger partial charge in [0, 0.05) is 37.4 Å². The number of likely N-dealkylation sites (tertiary alicyclic amines) is 1. The Kier molecular flexibility index (Phi) is 5.95. The Morgan fingerprint density at radius 3 is 2.50 bits per heavy atom. The van der Waals surface area contributed by atoms with Crippen LogP contribution in [0.2, 0.25) is 0 Å². The third kappa shape index (κ3) is 4.16. The normalized spacial score (nSPS) is 22.1. The van der Waals surface area contributed by atoms with Crippen LogP contribution in [-0.4, -0.2) is 53.5 Å². The summed E-state index contributed by atoms with van der Waals surface area (Å²) in [7, 11) is 0. The molecule has 0 aliphatic carbocycles. The molecule has 0 bridgehead atoms. The highest BCUT2D eigenvalue weighted by Crippen LogP contribution is 2.40. The summed E-state index contributed by atoms with van der Waals surface area (Å²) in [5.74, 6) is -0.0890. The first-order chi connectivity index (χ1) is 15.5. The highest BCUT2D eigenvalue weighted by Gasteiger charge is 2.36. The van der Waals surface area contributed by atoms with E-state index in [4.69, 9.17) is 0 Å². The molecule has 2 fully saturated rings. The Morgan fingerprint density at radius 1 is 1.06 bits per heavy atom. The third-order valence-corrected chi connectivity index (χ3v) is 7.75.